The molecule has 5 nitrogen and oxygen atoms in total. The van der Waals surface area contributed by atoms with Crippen LogP contribution in [0.1, 0.15) is 12.5 Å². The maximum Gasteiger partial charge on any atom is 0.162 e. The third-order valence-electron chi connectivity index (χ3n) is 2.27. The van der Waals surface area contributed by atoms with E-state index in [1.54, 1.807) is 18.9 Å². The van der Waals surface area contributed by atoms with Gasteiger partial charge in [-0.15, -0.1) is 0 Å². The summed E-state index contributed by atoms with van der Waals surface area (Å²) in [4.78, 5) is 1.71. The van der Waals surface area contributed by atoms with Gasteiger partial charge >= 0.3 is 0 Å². The minimum Gasteiger partial charge on any atom is -0.360 e. The number of nitriles is 1. The van der Waals surface area contributed by atoms with E-state index in [0.717, 1.165) is 11.5 Å². The van der Waals surface area contributed by atoms with Crippen LogP contribution in [0.4, 0.5) is 5.00 Å². The SMILES string of the molecule is CC(CS(C)(=O)=O)N(C)c1snc(Cl)c1C#N. The summed E-state index contributed by atoms with van der Waals surface area (Å²) in [6, 6.07) is 1.73. The third kappa shape index (κ3) is 3.56. The summed E-state index contributed by atoms with van der Waals surface area (Å²) in [7, 11) is -1.34. The van der Waals surface area contributed by atoms with Crippen LogP contribution in [0.5, 0.6) is 0 Å². The lowest BCUT2D eigenvalue weighted by Crippen LogP contribution is -2.34. The lowest BCUT2D eigenvalue weighted by molar-refractivity contribution is 0.593. The zero-order valence-corrected chi connectivity index (χ0v) is 12.0. The van der Waals surface area contributed by atoms with Gasteiger partial charge in [-0.05, 0) is 18.5 Å². The van der Waals surface area contributed by atoms with Crippen LogP contribution in [-0.2, 0) is 9.84 Å². The Hall–Kier alpha value is -0.840. The van der Waals surface area contributed by atoms with E-state index in [1.165, 1.54) is 6.26 Å². The topological polar surface area (TPSA) is 74.1 Å². The molecule has 0 aliphatic heterocycles. The first-order chi connectivity index (χ1) is 7.76. The fourth-order valence-corrected chi connectivity index (χ4v) is 3.54. The summed E-state index contributed by atoms with van der Waals surface area (Å²) in [6.07, 6.45) is 1.18. The average Bonchev–Trinajstić information content (AvgIpc) is 2.55. The Morgan fingerprint density at radius 3 is 2.71 bits per heavy atom. The van der Waals surface area contributed by atoms with Crippen molar-refractivity contribution in [3.63, 3.8) is 0 Å². The first kappa shape index (κ1) is 14.2. The number of halogens is 1. The zero-order chi connectivity index (χ0) is 13.2. The van der Waals surface area contributed by atoms with Gasteiger partial charge in [-0.3, -0.25) is 0 Å². The number of hydrogen-bond donors (Lipinski definition) is 0. The highest BCUT2D eigenvalue weighted by atomic mass is 35.5. The van der Waals surface area contributed by atoms with Gasteiger partial charge in [0.1, 0.15) is 26.5 Å². The quantitative estimate of drug-likeness (QED) is 0.842. The fraction of sp³-hybridized carbons (Fsp3) is 0.556. The van der Waals surface area contributed by atoms with E-state index in [0.29, 0.717) is 10.6 Å². The first-order valence-corrected chi connectivity index (χ1v) is 7.93. The molecular formula is C9H12ClN3O2S2. The van der Waals surface area contributed by atoms with Gasteiger partial charge in [-0.1, -0.05) is 11.6 Å². The second kappa shape index (κ2) is 5.21. The third-order valence-corrected chi connectivity index (χ3v) is 4.67. The molecule has 1 atom stereocenters. The van der Waals surface area contributed by atoms with Crippen molar-refractivity contribution in [3.8, 4) is 6.07 Å². The van der Waals surface area contributed by atoms with Crippen LogP contribution in [-0.4, -0.2) is 37.9 Å². The Morgan fingerprint density at radius 1 is 1.65 bits per heavy atom. The highest BCUT2D eigenvalue weighted by Crippen LogP contribution is 2.31. The van der Waals surface area contributed by atoms with Gasteiger partial charge in [0.15, 0.2) is 5.15 Å². The predicted octanol–water partition coefficient (Wildman–Crippen LogP) is 1.54. The summed E-state index contributed by atoms with van der Waals surface area (Å²) < 4.78 is 26.3. The molecule has 0 aromatic carbocycles. The zero-order valence-electron chi connectivity index (χ0n) is 9.64. The van der Waals surface area contributed by atoms with E-state index in [2.05, 4.69) is 4.37 Å². The fourth-order valence-electron chi connectivity index (χ4n) is 1.35. The first-order valence-electron chi connectivity index (χ1n) is 4.72. The van der Waals surface area contributed by atoms with Crippen molar-refractivity contribution in [3.05, 3.63) is 10.7 Å². The van der Waals surface area contributed by atoms with E-state index >= 15 is 0 Å². The molecule has 0 radical (unpaired) electrons. The van der Waals surface area contributed by atoms with Crippen LogP contribution >= 0.6 is 23.1 Å². The molecule has 1 unspecified atom stereocenters. The maximum absolute atomic E-state index is 11.2. The van der Waals surface area contributed by atoms with Crippen LogP contribution in [0.3, 0.4) is 0 Å². The molecule has 0 spiro atoms. The average molecular weight is 294 g/mol. The van der Waals surface area contributed by atoms with Crippen LogP contribution in [0, 0.1) is 11.3 Å². The molecule has 0 fully saturated rings. The Kier molecular flexibility index (Phi) is 4.36. The van der Waals surface area contributed by atoms with Gasteiger partial charge in [0.2, 0.25) is 0 Å². The number of nitrogens with zero attached hydrogens (tertiary/aromatic N) is 3. The Labute approximate surface area is 110 Å². The molecule has 0 amide bonds. The van der Waals surface area contributed by atoms with Crippen molar-refractivity contribution in [2.75, 3.05) is 24.0 Å². The molecular weight excluding hydrogens is 282 g/mol. The molecule has 1 aromatic rings. The number of anilines is 1. The molecule has 0 saturated carbocycles. The van der Waals surface area contributed by atoms with Gasteiger partial charge in [-0.25, -0.2) is 8.42 Å². The molecule has 0 aliphatic rings. The Morgan fingerprint density at radius 2 is 2.24 bits per heavy atom. The highest BCUT2D eigenvalue weighted by Gasteiger charge is 2.21. The number of hydrogen-bond acceptors (Lipinski definition) is 6. The van der Waals surface area contributed by atoms with Crippen molar-refractivity contribution < 1.29 is 8.42 Å². The van der Waals surface area contributed by atoms with Gasteiger partial charge in [-0.2, -0.15) is 9.64 Å². The van der Waals surface area contributed by atoms with E-state index in [-0.39, 0.29) is 16.9 Å². The smallest absolute Gasteiger partial charge is 0.162 e. The molecule has 0 saturated heterocycles. The molecule has 8 heteroatoms. The Balaban J connectivity index is 2.97. The Bertz CT molecular complexity index is 547. The lowest BCUT2D eigenvalue weighted by Gasteiger charge is -2.24. The van der Waals surface area contributed by atoms with Gasteiger partial charge < -0.3 is 4.90 Å². The van der Waals surface area contributed by atoms with Crippen LogP contribution in [0.25, 0.3) is 0 Å². The molecule has 17 heavy (non-hydrogen) atoms. The summed E-state index contributed by atoms with van der Waals surface area (Å²) in [5, 5.41) is 9.69. The van der Waals surface area contributed by atoms with Crippen molar-refractivity contribution in [2.24, 2.45) is 0 Å². The molecule has 0 aliphatic carbocycles. The summed E-state index contributed by atoms with van der Waals surface area (Å²) in [6.45, 7) is 1.77. The minimum absolute atomic E-state index is 0.0177. The summed E-state index contributed by atoms with van der Waals surface area (Å²) >= 11 is 6.85. The van der Waals surface area contributed by atoms with Crippen molar-refractivity contribution in [1.82, 2.24) is 4.37 Å². The molecule has 0 N–H and O–H groups in total. The number of sulfone groups is 1. The minimum atomic E-state index is -3.06. The normalized spacial score (nSPS) is 13.1. The lowest BCUT2D eigenvalue weighted by atomic mass is 10.3. The largest absolute Gasteiger partial charge is 0.360 e. The molecule has 94 valence electrons. The van der Waals surface area contributed by atoms with E-state index in [9.17, 15) is 8.42 Å². The summed E-state index contributed by atoms with van der Waals surface area (Å²) in [5.41, 5.74) is 0.291. The van der Waals surface area contributed by atoms with Gasteiger partial charge in [0.25, 0.3) is 0 Å². The second-order valence-electron chi connectivity index (χ2n) is 3.82. The second-order valence-corrected chi connectivity index (χ2v) is 7.11. The van der Waals surface area contributed by atoms with Gasteiger partial charge in [0, 0.05) is 19.3 Å². The molecule has 1 heterocycles. The molecule has 1 aromatic heterocycles. The monoisotopic (exact) mass is 293 g/mol. The van der Waals surface area contributed by atoms with Crippen molar-refractivity contribution >= 4 is 38.0 Å². The van der Waals surface area contributed by atoms with Crippen molar-refractivity contribution in [1.29, 1.82) is 5.26 Å². The van der Waals surface area contributed by atoms with Gasteiger partial charge in [0.05, 0.1) is 5.75 Å². The van der Waals surface area contributed by atoms with E-state index in [1.807, 2.05) is 6.07 Å². The van der Waals surface area contributed by atoms with Crippen molar-refractivity contribution in [2.45, 2.75) is 13.0 Å². The standard InChI is InChI=1S/C9H12ClN3O2S2/c1-6(5-17(3,14)15)13(2)9-7(4-11)8(10)12-16-9/h6H,5H2,1-3H3. The van der Waals surface area contributed by atoms with Crippen LogP contribution in [0.2, 0.25) is 5.15 Å². The van der Waals surface area contributed by atoms with E-state index in [4.69, 9.17) is 16.9 Å². The molecule has 1 rings (SSSR count). The number of rotatable bonds is 4. The van der Waals surface area contributed by atoms with Crippen LogP contribution < -0.4 is 4.90 Å². The maximum atomic E-state index is 11.2. The number of aromatic nitrogens is 1. The van der Waals surface area contributed by atoms with Crippen LogP contribution in [0.15, 0.2) is 0 Å². The predicted molar refractivity (Wildman–Crippen MR) is 69.4 cm³/mol. The van der Waals surface area contributed by atoms with E-state index < -0.39 is 9.84 Å². The highest BCUT2D eigenvalue weighted by molar-refractivity contribution is 7.90. The summed E-state index contributed by atoms with van der Waals surface area (Å²) in [5.74, 6) is 0.0177. The molecule has 0 bridgehead atoms.